The average Bonchev–Trinajstić information content (AvgIpc) is 2.63. The Kier molecular flexibility index (Phi) is 7.01. The number of esters is 1. The lowest BCUT2D eigenvalue weighted by Gasteiger charge is -2.16. The number of benzene rings is 2. The van der Waals surface area contributed by atoms with E-state index < -0.39 is 12.0 Å². The quantitative estimate of drug-likeness (QED) is 0.750. The minimum absolute atomic E-state index is 0.189. The van der Waals surface area contributed by atoms with Crippen LogP contribution in [0.25, 0.3) is 0 Å². The van der Waals surface area contributed by atoms with Gasteiger partial charge in [-0.2, -0.15) is 0 Å². The molecular formula is C20H23NO4. The molecule has 0 fully saturated rings. The van der Waals surface area contributed by atoms with Gasteiger partial charge in [0.05, 0.1) is 20.1 Å². The van der Waals surface area contributed by atoms with Crippen molar-refractivity contribution in [1.29, 1.82) is 0 Å². The summed E-state index contributed by atoms with van der Waals surface area (Å²) in [6.45, 7) is 2.52. The first kappa shape index (κ1) is 18.5. The molecule has 2 aromatic rings. The van der Waals surface area contributed by atoms with E-state index in [4.69, 9.17) is 9.47 Å². The zero-order valence-electron chi connectivity index (χ0n) is 14.5. The minimum atomic E-state index is -0.706. The summed E-state index contributed by atoms with van der Waals surface area (Å²) in [7, 11) is 1.32. The first-order valence-electron chi connectivity index (χ1n) is 8.25. The predicted octanol–water partition coefficient (Wildman–Crippen LogP) is 2.53. The van der Waals surface area contributed by atoms with Gasteiger partial charge < -0.3 is 14.8 Å². The fraction of sp³-hybridized carbons (Fsp3) is 0.300. The highest BCUT2D eigenvalue weighted by molar-refractivity contribution is 5.85. The second kappa shape index (κ2) is 9.47. The fourth-order valence-corrected chi connectivity index (χ4v) is 2.49. The molecule has 2 rings (SSSR count). The molecule has 0 aliphatic rings. The van der Waals surface area contributed by atoms with Gasteiger partial charge in [-0.1, -0.05) is 42.5 Å². The monoisotopic (exact) mass is 341 g/mol. The zero-order chi connectivity index (χ0) is 18.1. The van der Waals surface area contributed by atoms with E-state index in [1.165, 1.54) is 7.11 Å². The third-order valence-corrected chi connectivity index (χ3v) is 3.70. The summed E-state index contributed by atoms with van der Waals surface area (Å²) < 4.78 is 10.2. The van der Waals surface area contributed by atoms with Gasteiger partial charge in [-0.3, -0.25) is 4.79 Å². The highest BCUT2D eigenvalue weighted by Crippen LogP contribution is 2.13. The lowest BCUT2D eigenvalue weighted by Crippen LogP contribution is -2.43. The number of carbonyl (C=O) groups is 2. The summed E-state index contributed by atoms with van der Waals surface area (Å²) in [6.07, 6.45) is 0.581. The molecule has 1 unspecified atom stereocenters. The van der Waals surface area contributed by atoms with Gasteiger partial charge in [-0.25, -0.2) is 4.79 Å². The summed E-state index contributed by atoms with van der Waals surface area (Å²) in [5.74, 6) is 0.0857. The van der Waals surface area contributed by atoms with E-state index in [2.05, 4.69) is 5.32 Å². The third kappa shape index (κ3) is 5.95. The van der Waals surface area contributed by atoms with Crippen LogP contribution >= 0.6 is 0 Å². The molecule has 0 radical (unpaired) electrons. The molecule has 0 saturated carbocycles. The standard InChI is InChI=1S/C20H23NO4/c1-3-25-17-11-9-16(10-12-17)14-19(22)21-18(20(23)24-2)13-15-7-5-4-6-8-15/h4-12,18H,3,13-14H2,1-2H3,(H,21,22). The van der Waals surface area contributed by atoms with Gasteiger partial charge in [0.25, 0.3) is 0 Å². The Balaban J connectivity index is 1.97. The van der Waals surface area contributed by atoms with Crippen molar-refractivity contribution < 1.29 is 19.1 Å². The van der Waals surface area contributed by atoms with Gasteiger partial charge in [-0.15, -0.1) is 0 Å². The number of carbonyl (C=O) groups excluding carboxylic acids is 2. The van der Waals surface area contributed by atoms with Crippen molar-refractivity contribution >= 4 is 11.9 Å². The minimum Gasteiger partial charge on any atom is -0.494 e. The number of hydrogen-bond acceptors (Lipinski definition) is 4. The van der Waals surface area contributed by atoms with E-state index in [9.17, 15) is 9.59 Å². The van der Waals surface area contributed by atoms with E-state index in [1.807, 2.05) is 61.5 Å². The molecule has 1 amide bonds. The van der Waals surface area contributed by atoms with Crippen LogP contribution in [0.5, 0.6) is 5.75 Å². The van der Waals surface area contributed by atoms with Crippen LogP contribution in [0.15, 0.2) is 54.6 Å². The zero-order valence-corrected chi connectivity index (χ0v) is 14.5. The summed E-state index contributed by atoms with van der Waals surface area (Å²) in [5.41, 5.74) is 1.81. The molecule has 5 heteroatoms. The van der Waals surface area contributed by atoms with Crippen LogP contribution in [0.3, 0.4) is 0 Å². The lowest BCUT2D eigenvalue weighted by molar-refractivity contribution is -0.145. The number of rotatable bonds is 8. The van der Waals surface area contributed by atoms with Gasteiger partial charge in [0.15, 0.2) is 0 Å². The highest BCUT2D eigenvalue weighted by Gasteiger charge is 2.21. The topological polar surface area (TPSA) is 64.6 Å². The van der Waals surface area contributed by atoms with Crippen molar-refractivity contribution in [2.24, 2.45) is 0 Å². The second-order valence-corrected chi connectivity index (χ2v) is 5.59. The van der Waals surface area contributed by atoms with Crippen LogP contribution in [0.1, 0.15) is 18.1 Å². The maximum Gasteiger partial charge on any atom is 0.328 e. The van der Waals surface area contributed by atoms with Crippen LogP contribution in [-0.4, -0.2) is 31.6 Å². The normalized spacial score (nSPS) is 11.4. The molecule has 0 bridgehead atoms. The molecule has 132 valence electrons. The Hall–Kier alpha value is -2.82. The summed E-state index contributed by atoms with van der Waals surface area (Å²) >= 11 is 0. The van der Waals surface area contributed by atoms with Gasteiger partial charge in [0.2, 0.25) is 5.91 Å². The Morgan fingerprint density at radius 2 is 1.68 bits per heavy atom. The van der Waals surface area contributed by atoms with Crippen LogP contribution in [-0.2, 0) is 27.2 Å². The van der Waals surface area contributed by atoms with Crippen LogP contribution in [0, 0.1) is 0 Å². The first-order chi connectivity index (χ1) is 12.1. The van der Waals surface area contributed by atoms with Crippen molar-refractivity contribution in [3.05, 3.63) is 65.7 Å². The highest BCUT2D eigenvalue weighted by atomic mass is 16.5. The molecule has 5 nitrogen and oxygen atoms in total. The van der Waals surface area contributed by atoms with Crippen molar-refractivity contribution in [2.45, 2.75) is 25.8 Å². The van der Waals surface area contributed by atoms with Crippen molar-refractivity contribution in [3.63, 3.8) is 0 Å². The fourth-order valence-electron chi connectivity index (χ4n) is 2.49. The van der Waals surface area contributed by atoms with E-state index >= 15 is 0 Å². The third-order valence-electron chi connectivity index (χ3n) is 3.70. The van der Waals surface area contributed by atoms with Gasteiger partial charge in [0, 0.05) is 6.42 Å². The predicted molar refractivity (Wildman–Crippen MR) is 95.4 cm³/mol. The molecule has 0 saturated heterocycles. The number of methoxy groups -OCH3 is 1. The van der Waals surface area contributed by atoms with Crippen LogP contribution < -0.4 is 10.1 Å². The molecule has 0 spiro atoms. The van der Waals surface area contributed by atoms with E-state index in [1.54, 1.807) is 0 Å². The largest absolute Gasteiger partial charge is 0.494 e. The summed E-state index contributed by atoms with van der Waals surface area (Å²) in [4.78, 5) is 24.3. The molecule has 0 heterocycles. The van der Waals surface area contributed by atoms with Crippen LogP contribution in [0.4, 0.5) is 0 Å². The molecular weight excluding hydrogens is 318 g/mol. The molecule has 0 aliphatic carbocycles. The molecule has 0 aliphatic heterocycles. The summed E-state index contributed by atoms with van der Waals surface area (Å²) in [5, 5.41) is 2.76. The average molecular weight is 341 g/mol. The second-order valence-electron chi connectivity index (χ2n) is 5.59. The summed E-state index contributed by atoms with van der Waals surface area (Å²) in [6, 6.07) is 16.1. The number of nitrogens with one attached hydrogen (secondary N) is 1. The Labute approximate surface area is 148 Å². The lowest BCUT2D eigenvalue weighted by atomic mass is 10.1. The van der Waals surface area contributed by atoms with Crippen molar-refractivity contribution in [2.75, 3.05) is 13.7 Å². The Morgan fingerprint density at radius 3 is 2.28 bits per heavy atom. The molecule has 1 N–H and O–H groups in total. The van der Waals surface area contributed by atoms with E-state index in [0.29, 0.717) is 13.0 Å². The molecule has 2 aromatic carbocycles. The molecule has 1 atom stereocenters. The van der Waals surface area contributed by atoms with Crippen molar-refractivity contribution in [3.8, 4) is 5.75 Å². The smallest absolute Gasteiger partial charge is 0.328 e. The number of ether oxygens (including phenoxy) is 2. The van der Waals surface area contributed by atoms with E-state index in [-0.39, 0.29) is 12.3 Å². The Bertz CT molecular complexity index is 683. The molecule has 25 heavy (non-hydrogen) atoms. The van der Waals surface area contributed by atoms with Gasteiger partial charge in [-0.05, 0) is 30.2 Å². The van der Waals surface area contributed by atoms with Crippen molar-refractivity contribution in [1.82, 2.24) is 5.32 Å². The Morgan fingerprint density at radius 1 is 1.00 bits per heavy atom. The van der Waals surface area contributed by atoms with Gasteiger partial charge in [0.1, 0.15) is 11.8 Å². The van der Waals surface area contributed by atoms with Gasteiger partial charge >= 0.3 is 5.97 Å². The maximum absolute atomic E-state index is 12.3. The SMILES string of the molecule is CCOc1ccc(CC(=O)NC(Cc2ccccc2)C(=O)OC)cc1. The number of amides is 1. The first-order valence-corrected chi connectivity index (χ1v) is 8.25. The van der Waals surface area contributed by atoms with E-state index in [0.717, 1.165) is 16.9 Å². The molecule has 0 aromatic heterocycles. The maximum atomic E-state index is 12.3. The number of hydrogen-bond donors (Lipinski definition) is 1. The van der Waals surface area contributed by atoms with Crippen LogP contribution in [0.2, 0.25) is 0 Å².